The Balaban J connectivity index is 1.38. The predicted octanol–water partition coefficient (Wildman–Crippen LogP) is 2.39. The van der Waals surface area contributed by atoms with E-state index in [2.05, 4.69) is 43.6 Å². The van der Waals surface area contributed by atoms with Crippen LogP contribution in [0.2, 0.25) is 0 Å². The molecule has 0 spiro atoms. The molecule has 2 aromatic heterocycles. The van der Waals surface area contributed by atoms with Crippen LogP contribution in [0.15, 0.2) is 24.8 Å². The average molecular weight is 283 g/mol. The van der Waals surface area contributed by atoms with E-state index in [0.717, 1.165) is 31.3 Å². The minimum Gasteiger partial charge on any atom is -0.356 e. The summed E-state index contributed by atoms with van der Waals surface area (Å²) in [6.45, 7) is 5.28. The number of imidazole rings is 1. The van der Waals surface area contributed by atoms with Gasteiger partial charge in [-0.25, -0.2) is 15.0 Å². The first-order valence-corrected chi connectivity index (χ1v) is 7.84. The maximum Gasteiger partial charge on any atom is 0.132 e. The van der Waals surface area contributed by atoms with Gasteiger partial charge in [-0.1, -0.05) is 6.42 Å². The van der Waals surface area contributed by atoms with E-state index in [1.54, 1.807) is 6.33 Å². The monoisotopic (exact) mass is 283 g/mol. The molecule has 21 heavy (non-hydrogen) atoms. The molecule has 0 bridgehead atoms. The number of hydrogen-bond donors (Lipinski definition) is 0. The Morgan fingerprint density at radius 1 is 1.19 bits per heavy atom. The SMILES string of the molecule is Cc1nccn1CC1CN(c2cc(C3CCC3)ncn2)C1. The van der Waals surface area contributed by atoms with E-state index in [9.17, 15) is 0 Å². The number of anilines is 1. The Morgan fingerprint density at radius 3 is 2.71 bits per heavy atom. The molecule has 0 unspecified atom stereocenters. The van der Waals surface area contributed by atoms with Gasteiger partial charge in [-0.2, -0.15) is 0 Å². The van der Waals surface area contributed by atoms with Crippen LogP contribution in [0, 0.1) is 12.8 Å². The van der Waals surface area contributed by atoms with E-state index in [1.165, 1.54) is 25.0 Å². The lowest BCUT2D eigenvalue weighted by molar-refractivity contribution is 0.351. The second-order valence-corrected chi connectivity index (χ2v) is 6.33. The quantitative estimate of drug-likeness (QED) is 0.864. The number of rotatable bonds is 4. The molecular formula is C16H21N5. The predicted molar refractivity (Wildman–Crippen MR) is 81.3 cm³/mol. The minimum atomic E-state index is 0.678. The molecule has 5 heteroatoms. The van der Waals surface area contributed by atoms with Crippen molar-refractivity contribution in [2.75, 3.05) is 18.0 Å². The molecule has 5 nitrogen and oxygen atoms in total. The van der Waals surface area contributed by atoms with Gasteiger partial charge >= 0.3 is 0 Å². The largest absolute Gasteiger partial charge is 0.356 e. The van der Waals surface area contributed by atoms with Crippen LogP contribution in [0.5, 0.6) is 0 Å². The van der Waals surface area contributed by atoms with Crippen molar-refractivity contribution in [2.45, 2.75) is 38.6 Å². The Bertz CT molecular complexity index is 625. The Kier molecular flexibility index (Phi) is 3.13. The topological polar surface area (TPSA) is 46.8 Å². The van der Waals surface area contributed by atoms with E-state index in [-0.39, 0.29) is 0 Å². The lowest BCUT2D eigenvalue weighted by Crippen LogP contribution is -2.49. The van der Waals surface area contributed by atoms with Gasteiger partial charge in [0.05, 0.1) is 0 Å². The van der Waals surface area contributed by atoms with Crippen LogP contribution in [0.4, 0.5) is 5.82 Å². The fraction of sp³-hybridized carbons (Fsp3) is 0.562. The van der Waals surface area contributed by atoms with Crippen molar-refractivity contribution < 1.29 is 0 Å². The third-order valence-corrected chi connectivity index (χ3v) is 4.86. The smallest absolute Gasteiger partial charge is 0.132 e. The van der Waals surface area contributed by atoms with Crippen molar-refractivity contribution in [3.05, 3.63) is 36.3 Å². The Morgan fingerprint density at radius 2 is 2.05 bits per heavy atom. The molecule has 2 aromatic rings. The highest BCUT2D eigenvalue weighted by Gasteiger charge is 2.29. The van der Waals surface area contributed by atoms with Crippen LogP contribution < -0.4 is 4.90 Å². The molecule has 1 saturated heterocycles. The van der Waals surface area contributed by atoms with Gasteiger partial charge < -0.3 is 9.47 Å². The van der Waals surface area contributed by atoms with Crippen molar-refractivity contribution in [3.63, 3.8) is 0 Å². The second-order valence-electron chi connectivity index (χ2n) is 6.33. The summed E-state index contributed by atoms with van der Waals surface area (Å²) in [5.74, 6) is 3.57. The lowest BCUT2D eigenvalue weighted by atomic mass is 9.83. The molecule has 2 aliphatic rings. The normalized spacial score (nSPS) is 19.4. The lowest BCUT2D eigenvalue weighted by Gasteiger charge is -2.40. The average Bonchev–Trinajstić information content (AvgIpc) is 2.77. The molecule has 0 radical (unpaired) electrons. The van der Waals surface area contributed by atoms with Crippen molar-refractivity contribution in [1.29, 1.82) is 0 Å². The van der Waals surface area contributed by atoms with E-state index in [0.29, 0.717) is 11.8 Å². The highest BCUT2D eigenvalue weighted by molar-refractivity contribution is 5.42. The van der Waals surface area contributed by atoms with E-state index in [1.807, 2.05) is 6.20 Å². The summed E-state index contributed by atoms with van der Waals surface area (Å²) in [6, 6.07) is 2.20. The molecule has 0 atom stereocenters. The fourth-order valence-corrected chi connectivity index (χ4v) is 3.21. The zero-order chi connectivity index (χ0) is 14.2. The van der Waals surface area contributed by atoms with Crippen molar-refractivity contribution in [3.8, 4) is 0 Å². The van der Waals surface area contributed by atoms with Crippen molar-refractivity contribution >= 4 is 5.82 Å². The third kappa shape index (κ3) is 2.41. The van der Waals surface area contributed by atoms with Crippen LogP contribution in [0.25, 0.3) is 0 Å². The third-order valence-electron chi connectivity index (χ3n) is 4.86. The number of aromatic nitrogens is 4. The highest BCUT2D eigenvalue weighted by atomic mass is 15.3. The minimum absolute atomic E-state index is 0.678. The summed E-state index contributed by atoms with van der Waals surface area (Å²) in [5.41, 5.74) is 1.24. The van der Waals surface area contributed by atoms with Crippen LogP contribution in [0.1, 0.15) is 36.7 Å². The fourth-order valence-electron chi connectivity index (χ4n) is 3.21. The molecule has 1 saturated carbocycles. The molecule has 110 valence electrons. The molecule has 1 aliphatic carbocycles. The summed E-state index contributed by atoms with van der Waals surface area (Å²) >= 11 is 0. The van der Waals surface area contributed by atoms with Gasteiger partial charge in [-0.05, 0) is 19.8 Å². The Hall–Kier alpha value is -1.91. The maximum absolute atomic E-state index is 4.45. The molecule has 1 aliphatic heterocycles. The molecule has 4 rings (SSSR count). The van der Waals surface area contributed by atoms with E-state index < -0.39 is 0 Å². The van der Waals surface area contributed by atoms with Crippen LogP contribution >= 0.6 is 0 Å². The molecule has 0 N–H and O–H groups in total. The summed E-state index contributed by atoms with van der Waals surface area (Å²) < 4.78 is 2.24. The molecule has 0 amide bonds. The van der Waals surface area contributed by atoms with Crippen molar-refractivity contribution in [1.82, 2.24) is 19.5 Å². The zero-order valence-corrected chi connectivity index (χ0v) is 12.4. The van der Waals surface area contributed by atoms with Gasteiger partial charge in [-0.15, -0.1) is 0 Å². The summed E-state index contributed by atoms with van der Waals surface area (Å²) in [7, 11) is 0. The Labute approximate surface area is 125 Å². The van der Waals surface area contributed by atoms with Crippen LogP contribution in [-0.2, 0) is 6.54 Å². The van der Waals surface area contributed by atoms with Crippen molar-refractivity contribution in [2.24, 2.45) is 5.92 Å². The zero-order valence-electron chi connectivity index (χ0n) is 12.4. The second kappa shape index (κ2) is 5.13. The van der Waals surface area contributed by atoms with Gasteiger partial charge in [-0.3, -0.25) is 0 Å². The first-order chi connectivity index (χ1) is 10.3. The number of nitrogens with zero attached hydrogens (tertiary/aromatic N) is 5. The molecule has 2 fully saturated rings. The molecule has 3 heterocycles. The highest BCUT2D eigenvalue weighted by Crippen LogP contribution is 2.36. The molecule has 0 aromatic carbocycles. The van der Waals surface area contributed by atoms with Gasteiger partial charge in [0, 0.05) is 55.6 Å². The molecular weight excluding hydrogens is 262 g/mol. The first kappa shape index (κ1) is 12.8. The maximum atomic E-state index is 4.45. The first-order valence-electron chi connectivity index (χ1n) is 7.84. The summed E-state index contributed by atoms with van der Waals surface area (Å²) in [5, 5.41) is 0. The van der Waals surface area contributed by atoms with Crippen LogP contribution in [0.3, 0.4) is 0 Å². The van der Waals surface area contributed by atoms with Crippen LogP contribution in [-0.4, -0.2) is 32.6 Å². The van der Waals surface area contributed by atoms with Gasteiger partial charge in [0.25, 0.3) is 0 Å². The number of aryl methyl sites for hydroxylation is 1. The summed E-state index contributed by atoms with van der Waals surface area (Å²) in [6.07, 6.45) is 9.60. The number of hydrogen-bond acceptors (Lipinski definition) is 4. The van der Waals surface area contributed by atoms with E-state index in [4.69, 9.17) is 0 Å². The summed E-state index contributed by atoms with van der Waals surface area (Å²) in [4.78, 5) is 15.5. The standard InChI is InChI=1S/C16H21N5/c1-12-17-5-6-20(12)8-13-9-21(10-13)16-7-15(18-11-19-16)14-3-2-4-14/h5-7,11,13-14H,2-4,8-10H2,1H3. The van der Waals surface area contributed by atoms with E-state index >= 15 is 0 Å². The van der Waals surface area contributed by atoms with Gasteiger partial charge in [0.2, 0.25) is 0 Å². The van der Waals surface area contributed by atoms with Gasteiger partial charge in [0.1, 0.15) is 18.0 Å². The van der Waals surface area contributed by atoms with Gasteiger partial charge in [0.15, 0.2) is 0 Å².